The molecule has 1 aromatic rings. The fourth-order valence-electron chi connectivity index (χ4n) is 1.14. The van der Waals surface area contributed by atoms with Crippen molar-refractivity contribution in [3.05, 3.63) is 35.4 Å². The first-order chi connectivity index (χ1) is 6.59. The van der Waals surface area contributed by atoms with Gasteiger partial charge >= 0.3 is 0 Å². The van der Waals surface area contributed by atoms with E-state index in [1.807, 2.05) is 27.7 Å². The molecule has 0 aliphatic heterocycles. The number of hydrogen-bond acceptors (Lipinski definition) is 0. The molecule has 0 aromatic heterocycles. The molecule has 14 heavy (non-hydrogen) atoms. The first-order valence-corrected chi connectivity index (χ1v) is 5.03. The predicted molar refractivity (Wildman–Crippen MR) is 56.2 cm³/mol. The van der Waals surface area contributed by atoms with E-state index in [2.05, 4.69) is 0 Å². The summed E-state index contributed by atoms with van der Waals surface area (Å²) in [6, 6.07) is 3.57. The van der Waals surface area contributed by atoms with E-state index in [-0.39, 0.29) is 11.6 Å². The molecule has 0 N–H and O–H groups in total. The molecule has 0 saturated heterocycles. The Hall–Kier alpha value is -0.920. The molecule has 0 fully saturated rings. The highest BCUT2D eigenvalue weighted by molar-refractivity contribution is 5.18. The van der Waals surface area contributed by atoms with Gasteiger partial charge in [-0.2, -0.15) is 0 Å². The fraction of sp³-hybridized carbons (Fsp3) is 0.500. The van der Waals surface area contributed by atoms with Gasteiger partial charge in [0.1, 0.15) is 11.6 Å². The van der Waals surface area contributed by atoms with E-state index in [1.165, 1.54) is 12.1 Å². The molecule has 0 amide bonds. The molecule has 0 aliphatic carbocycles. The van der Waals surface area contributed by atoms with E-state index in [9.17, 15) is 8.78 Å². The molecule has 0 spiro atoms. The predicted octanol–water partition coefficient (Wildman–Crippen LogP) is 4.19. The molecule has 2 heteroatoms. The van der Waals surface area contributed by atoms with E-state index in [0.29, 0.717) is 17.9 Å². The number of rotatable bonds is 2. The molecule has 0 saturated carbocycles. The molecule has 1 aromatic carbocycles. The van der Waals surface area contributed by atoms with Crippen LogP contribution in [-0.2, 0) is 6.42 Å². The first-order valence-electron chi connectivity index (χ1n) is 5.03. The van der Waals surface area contributed by atoms with Crippen molar-refractivity contribution < 1.29 is 8.78 Å². The SMILES string of the molecule is CC.CC(C)Cc1cc(F)ccc1F. The smallest absolute Gasteiger partial charge is 0.126 e. The van der Waals surface area contributed by atoms with Crippen LogP contribution in [0.1, 0.15) is 33.3 Å². The lowest BCUT2D eigenvalue weighted by Gasteiger charge is -2.05. The Morgan fingerprint density at radius 1 is 1.14 bits per heavy atom. The van der Waals surface area contributed by atoms with E-state index in [0.717, 1.165) is 6.07 Å². The second-order valence-corrected chi connectivity index (χ2v) is 3.33. The van der Waals surface area contributed by atoms with Crippen molar-refractivity contribution in [3.8, 4) is 0 Å². The zero-order valence-electron chi connectivity index (χ0n) is 9.27. The van der Waals surface area contributed by atoms with Crippen molar-refractivity contribution >= 4 is 0 Å². The average molecular weight is 200 g/mol. The Kier molecular flexibility index (Phi) is 6.09. The minimum Gasteiger partial charge on any atom is -0.207 e. The van der Waals surface area contributed by atoms with Crippen LogP contribution in [0.5, 0.6) is 0 Å². The van der Waals surface area contributed by atoms with E-state index < -0.39 is 0 Å². The molecule has 0 heterocycles. The molecule has 1 rings (SSSR count). The summed E-state index contributed by atoms with van der Waals surface area (Å²) in [6.07, 6.45) is 0.587. The lowest BCUT2D eigenvalue weighted by molar-refractivity contribution is 0.558. The fourth-order valence-corrected chi connectivity index (χ4v) is 1.14. The van der Waals surface area contributed by atoms with Crippen LogP contribution in [0.25, 0.3) is 0 Å². The topological polar surface area (TPSA) is 0 Å². The van der Waals surface area contributed by atoms with Gasteiger partial charge in [0.2, 0.25) is 0 Å². The molecule has 0 radical (unpaired) electrons. The van der Waals surface area contributed by atoms with Crippen LogP contribution in [0.15, 0.2) is 18.2 Å². The maximum atomic E-state index is 13.0. The minimum absolute atomic E-state index is 0.315. The van der Waals surface area contributed by atoms with Crippen molar-refractivity contribution in [2.24, 2.45) is 5.92 Å². The van der Waals surface area contributed by atoms with Crippen LogP contribution in [0, 0.1) is 17.6 Å². The third kappa shape index (κ3) is 4.35. The summed E-state index contributed by atoms with van der Waals surface area (Å²) >= 11 is 0. The minimum atomic E-state index is -0.368. The van der Waals surface area contributed by atoms with Crippen molar-refractivity contribution in [1.29, 1.82) is 0 Å². The maximum Gasteiger partial charge on any atom is 0.126 e. The van der Waals surface area contributed by atoms with Gasteiger partial charge in [0, 0.05) is 0 Å². The van der Waals surface area contributed by atoms with Crippen LogP contribution in [-0.4, -0.2) is 0 Å². The summed E-state index contributed by atoms with van der Waals surface area (Å²) in [6.45, 7) is 7.95. The van der Waals surface area contributed by atoms with E-state index >= 15 is 0 Å². The normalized spacial score (nSPS) is 9.64. The van der Waals surface area contributed by atoms with Gasteiger partial charge in [-0.3, -0.25) is 0 Å². The van der Waals surface area contributed by atoms with Gasteiger partial charge < -0.3 is 0 Å². The molecule has 0 aliphatic rings. The summed E-state index contributed by atoms with van der Waals surface area (Å²) in [5, 5.41) is 0. The number of halogens is 2. The van der Waals surface area contributed by atoms with Crippen LogP contribution < -0.4 is 0 Å². The highest BCUT2D eigenvalue weighted by Crippen LogP contribution is 2.13. The van der Waals surface area contributed by atoms with Gasteiger partial charge in [-0.05, 0) is 36.1 Å². The van der Waals surface area contributed by atoms with Crippen molar-refractivity contribution in [2.75, 3.05) is 0 Å². The van der Waals surface area contributed by atoms with Crippen LogP contribution in [0.3, 0.4) is 0 Å². The summed E-state index contributed by atoms with van der Waals surface area (Å²) < 4.78 is 25.6. The zero-order chi connectivity index (χ0) is 11.1. The van der Waals surface area contributed by atoms with E-state index in [1.54, 1.807) is 0 Å². The monoisotopic (exact) mass is 200 g/mol. The second-order valence-electron chi connectivity index (χ2n) is 3.33. The largest absolute Gasteiger partial charge is 0.207 e. The van der Waals surface area contributed by atoms with Crippen LogP contribution >= 0.6 is 0 Å². The van der Waals surface area contributed by atoms with Gasteiger partial charge in [0.25, 0.3) is 0 Å². The second kappa shape index (κ2) is 6.52. The van der Waals surface area contributed by atoms with Gasteiger partial charge in [0.15, 0.2) is 0 Å². The maximum absolute atomic E-state index is 13.0. The van der Waals surface area contributed by atoms with Gasteiger partial charge in [-0.1, -0.05) is 27.7 Å². The molecule has 80 valence electrons. The molecular formula is C12H18F2. The molecule has 0 nitrogen and oxygen atoms in total. The molecule has 0 atom stereocenters. The summed E-state index contributed by atoms with van der Waals surface area (Å²) in [5.74, 6) is -0.335. The first kappa shape index (κ1) is 13.1. The highest BCUT2D eigenvalue weighted by Gasteiger charge is 2.05. The van der Waals surface area contributed by atoms with Gasteiger partial charge in [0.05, 0.1) is 0 Å². The van der Waals surface area contributed by atoms with Crippen LogP contribution in [0.2, 0.25) is 0 Å². The molecular weight excluding hydrogens is 182 g/mol. The lowest BCUT2D eigenvalue weighted by atomic mass is 10.0. The molecule has 0 unspecified atom stereocenters. The Labute approximate surface area is 85.0 Å². The average Bonchev–Trinajstić information content (AvgIpc) is 2.14. The Morgan fingerprint density at radius 3 is 2.21 bits per heavy atom. The standard InChI is InChI=1S/C10H12F2.C2H6/c1-7(2)5-8-6-9(11)3-4-10(8)12;1-2/h3-4,6-7H,5H2,1-2H3;1-2H3. The third-order valence-corrected chi connectivity index (χ3v) is 1.64. The Morgan fingerprint density at radius 2 is 1.71 bits per heavy atom. The summed E-state index contributed by atoms with van der Waals surface area (Å²) in [5.41, 5.74) is 0.463. The van der Waals surface area contributed by atoms with Crippen molar-refractivity contribution in [1.82, 2.24) is 0 Å². The van der Waals surface area contributed by atoms with Gasteiger partial charge in [-0.15, -0.1) is 0 Å². The Balaban J connectivity index is 0.000000791. The Bertz CT molecular complexity index is 267. The number of benzene rings is 1. The van der Waals surface area contributed by atoms with Crippen molar-refractivity contribution in [3.63, 3.8) is 0 Å². The summed E-state index contributed by atoms with van der Waals surface area (Å²) in [4.78, 5) is 0. The number of hydrogen-bond donors (Lipinski definition) is 0. The zero-order valence-corrected chi connectivity index (χ0v) is 9.27. The van der Waals surface area contributed by atoms with Crippen LogP contribution in [0.4, 0.5) is 8.78 Å². The lowest BCUT2D eigenvalue weighted by Crippen LogP contribution is -1.97. The summed E-state index contributed by atoms with van der Waals surface area (Å²) in [7, 11) is 0. The highest BCUT2D eigenvalue weighted by atomic mass is 19.1. The van der Waals surface area contributed by atoms with Gasteiger partial charge in [-0.25, -0.2) is 8.78 Å². The van der Waals surface area contributed by atoms with Crippen molar-refractivity contribution in [2.45, 2.75) is 34.1 Å². The van der Waals surface area contributed by atoms with E-state index in [4.69, 9.17) is 0 Å². The third-order valence-electron chi connectivity index (χ3n) is 1.64. The quantitative estimate of drug-likeness (QED) is 0.671. The molecule has 0 bridgehead atoms.